The average Bonchev–Trinajstić information content (AvgIpc) is 2.09. The number of oxazole rings is 1. The van der Waals surface area contributed by atoms with Crippen LogP contribution in [0.1, 0.15) is 226 Å². The molecule has 0 spiro atoms. The number of hydrogen-bond acceptors (Lipinski definition) is 23. The van der Waals surface area contributed by atoms with Gasteiger partial charge in [-0.05, 0) is 153 Å². The fraction of sp³-hybridized carbons (Fsp3) is 0.474. The first-order valence-electron chi connectivity index (χ1n) is 35.9. The molecule has 0 aliphatic heterocycles. The van der Waals surface area contributed by atoms with Gasteiger partial charge in [-0.25, -0.2) is 29.3 Å². The summed E-state index contributed by atoms with van der Waals surface area (Å²) in [5, 5.41) is 25.3. The first-order valence-corrected chi connectivity index (χ1v) is 38.5. The lowest BCUT2D eigenvalue weighted by Gasteiger charge is -1.82. The Hall–Kier alpha value is -9.47. The monoisotopic (exact) mass is 1520 g/mol. The molecule has 13 heterocycles. The number of pyridine rings is 3. The molecule has 0 radical (unpaired) electrons. The lowest BCUT2D eigenvalue weighted by atomic mass is 10.3. The molecule has 0 saturated carbocycles. The molecule has 0 aliphatic carbocycles. The van der Waals surface area contributed by atoms with Gasteiger partial charge in [-0.1, -0.05) is 175 Å². The van der Waals surface area contributed by atoms with Crippen LogP contribution in [0.4, 0.5) is 0 Å². The zero-order valence-corrected chi connectivity index (χ0v) is 74.1. The summed E-state index contributed by atoms with van der Waals surface area (Å²) in [4.78, 5) is 41.4. The van der Waals surface area contributed by atoms with Gasteiger partial charge in [-0.15, -0.1) is 21.5 Å². The molecule has 13 aromatic heterocycles. The molecule has 2 N–H and O–H groups in total. The number of aryl methyl sites for hydroxylation is 15. The highest BCUT2D eigenvalue weighted by Gasteiger charge is 1.90. The molecule has 0 atom stereocenters. The van der Waals surface area contributed by atoms with E-state index >= 15 is 0 Å². The van der Waals surface area contributed by atoms with Gasteiger partial charge in [0.1, 0.15) is 48.2 Å². The smallest absolute Gasteiger partial charge is 0.223 e. The van der Waals surface area contributed by atoms with E-state index in [0.717, 1.165) is 45.0 Å². The van der Waals surface area contributed by atoms with Crippen LogP contribution >= 0.6 is 34.4 Å². The zero-order valence-electron chi connectivity index (χ0n) is 71.6. The predicted octanol–water partition coefficient (Wildman–Crippen LogP) is 23.2. The largest absolute Gasteiger partial charge is 0.452 e. The number of H-pyrrole nitrogens is 2. The standard InChI is InChI=1S/3C6H7N.C4H6N2O.C4H6N2S.2C4H6N2.2C4H5NO.2C4H5NS.2C3H5N3.11C2H6/c1-6-2-4-7-5-3-6;1-6-3-2-4-7-5-6;1-6-4-2-3-5-7-6;2*1-3-5-4(2)7-6-3;1-4-2-5-3-6-4;1-6-3-2-5-4-6;1-4-2-6-3-5-4;1-4-2-5-6-3-4;1-4-2-6-3-5-4;1-4-2-5-6-3-4;1-6-2-4-5-3-6;1-3-4-2-5-6-3;11*1-2/h3*2-5H,1H3;2*1-2H3;2-3H,1H3,(H,5,6);2-4H,1H3;5*2-3H,1H3;2H,1H3,(H,4,5,6);11*1-2H3. The van der Waals surface area contributed by atoms with Crippen LogP contribution in [0.3, 0.4) is 0 Å². The maximum atomic E-state index is 4.60. The Morgan fingerprint density at radius 2 is 1.07 bits per heavy atom. The van der Waals surface area contributed by atoms with Crippen LogP contribution in [0.15, 0.2) is 185 Å². The maximum Gasteiger partial charge on any atom is 0.223 e. The molecule has 594 valence electrons. The number of rotatable bonds is 0. The van der Waals surface area contributed by atoms with Crippen molar-refractivity contribution < 1.29 is 13.5 Å². The zero-order chi connectivity index (χ0) is 83.1. The molecule has 0 fully saturated rings. The lowest BCUT2D eigenvalue weighted by molar-refractivity contribution is 0.389. The SMILES string of the molecule is CC.CC.CC.CC.CC.CC.CC.CC.CC.CC.CC.Cc1ccccn1.Cc1cccnc1.Cc1ccncc1.Cc1cnc[nH]1.Cc1cnoc1.Cc1cnsc1.Cc1cocn1.Cc1cscn1.Cc1ncn[nH]1.Cc1noc(C)n1.Cc1nsc(C)n1.Cn1ccnc1.Cn1cnnc1. The number of nitrogens with zero attached hydrogens (tertiary/aromatic N) is 19. The normalized spacial score (nSPS) is 7.67. The quantitative estimate of drug-likeness (QED) is 0.142. The van der Waals surface area contributed by atoms with Gasteiger partial charge in [0.15, 0.2) is 12.2 Å². The second-order valence-corrected chi connectivity index (χ2v) is 18.9. The molecule has 0 unspecified atom stereocenters. The van der Waals surface area contributed by atoms with Crippen molar-refractivity contribution in [1.82, 2.24) is 103 Å². The van der Waals surface area contributed by atoms with Crippen LogP contribution in [0.5, 0.6) is 0 Å². The van der Waals surface area contributed by atoms with Gasteiger partial charge < -0.3 is 27.6 Å². The minimum atomic E-state index is 0.623. The highest BCUT2D eigenvalue weighted by molar-refractivity contribution is 7.07. The molecular formula is C78H141N21O3S3. The summed E-state index contributed by atoms with van der Waals surface area (Å²) in [5.74, 6) is 3.05. The minimum Gasteiger partial charge on any atom is -0.452 e. The van der Waals surface area contributed by atoms with Crippen molar-refractivity contribution in [3.63, 3.8) is 0 Å². The van der Waals surface area contributed by atoms with Crippen LogP contribution < -0.4 is 0 Å². The van der Waals surface area contributed by atoms with Crippen LogP contribution in [-0.2, 0) is 14.1 Å². The topological polar surface area (TPSA) is 300 Å². The third-order valence-electron chi connectivity index (χ3n) is 8.29. The summed E-state index contributed by atoms with van der Waals surface area (Å²) in [6.45, 7) is 69.1. The highest BCUT2D eigenvalue weighted by Crippen LogP contribution is 1.99. The number of aromatic amines is 2. The predicted molar refractivity (Wildman–Crippen MR) is 450 cm³/mol. The summed E-state index contributed by atoms with van der Waals surface area (Å²) in [6.07, 6.45) is 30.7. The maximum absolute atomic E-state index is 4.60. The van der Waals surface area contributed by atoms with E-state index in [9.17, 15) is 0 Å². The third kappa shape index (κ3) is 103. The summed E-state index contributed by atoms with van der Waals surface area (Å²) < 4.78 is 25.1. The Morgan fingerprint density at radius 3 is 1.22 bits per heavy atom. The van der Waals surface area contributed by atoms with Crippen molar-refractivity contribution in [3.8, 4) is 0 Å². The van der Waals surface area contributed by atoms with Gasteiger partial charge in [0.05, 0.1) is 30.1 Å². The first kappa shape index (κ1) is 119. The Kier molecular flexibility index (Phi) is 120. The van der Waals surface area contributed by atoms with E-state index in [0.29, 0.717) is 11.7 Å². The Labute approximate surface area is 648 Å². The van der Waals surface area contributed by atoms with Crippen molar-refractivity contribution >= 4 is 34.4 Å². The molecular weight excluding hydrogens is 1380 g/mol. The van der Waals surface area contributed by atoms with Crippen molar-refractivity contribution in [2.24, 2.45) is 14.1 Å². The molecule has 0 amide bonds. The fourth-order valence-electron chi connectivity index (χ4n) is 4.36. The summed E-state index contributed by atoms with van der Waals surface area (Å²) in [5.41, 5.74) is 10.8. The van der Waals surface area contributed by atoms with E-state index in [1.165, 1.54) is 52.5 Å². The van der Waals surface area contributed by atoms with E-state index in [2.05, 4.69) is 108 Å². The Morgan fingerprint density at radius 1 is 0.457 bits per heavy atom. The summed E-state index contributed by atoms with van der Waals surface area (Å²) in [7, 11) is 3.81. The molecule has 13 rings (SSSR count). The summed E-state index contributed by atoms with van der Waals surface area (Å²) >= 11 is 4.56. The first-order chi connectivity index (χ1) is 50.9. The molecule has 24 nitrogen and oxygen atoms in total. The van der Waals surface area contributed by atoms with Crippen LogP contribution in [0.25, 0.3) is 0 Å². The van der Waals surface area contributed by atoms with Gasteiger partial charge in [0.2, 0.25) is 5.89 Å². The molecule has 27 heteroatoms. The van der Waals surface area contributed by atoms with Crippen molar-refractivity contribution in [3.05, 3.63) is 245 Å². The Bertz CT molecular complexity index is 2730. The molecule has 13 aromatic rings. The molecule has 0 aromatic carbocycles. The highest BCUT2D eigenvalue weighted by atomic mass is 32.1. The molecule has 0 bridgehead atoms. The van der Waals surface area contributed by atoms with Crippen LogP contribution in [-0.4, -0.2) is 103 Å². The number of thiazole rings is 1. The van der Waals surface area contributed by atoms with Gasteiger partial charge in [-0.3, -0.25) is 25.0 Å². The number of imidazole rings is 2. The van der Waals surface area contributed by atoms with Gasteiger partial charge in [-0.2, -0.15) is 14.5 Å². The molecule has 0 aliphatic rings. The van der Waals surface area contributed by atoms with E-state index < -0.39 is 0 Å². The number of hydrogen-bond donors (Lipinski definition) is 2. The van der Waals surface area contributed by atoms with E-state index in [1.807, 2.05) is 324 Å². The van der Waals surface area contributed by atoms with Crippen molar-refractivity contribution in [2.45, 2.75) is 242 Å². The second kappa shape index (κ2) is 106. The average molecular weight is 1520 g/mol. The van der Waals surface area contributed by atoms with Crippen molar-refractivity contribution in [2.75, 3.05) is 0 Å². The fourth-order valence-corrected chi connectivity index (χ4v) is 5.89. The van der Waals surface area contributed by atoms with E-state index in [1.54, 1.807) is 111 Å². The van der Waals surface area contributed by atoms with Gasteiger partial charge >= 0.3 is 0 Å². The lowest BCUT2D eigenvalue weighted by Crippen LogP contribution is -1.76. The van der Waals surface area contributed by atoms with E-state index in [-0.39, 0.29) is 0 Å². The Balaban J connectivity index is -0.0000000991. The van der Waals surface area contributed by atoms with Gasteiger partial charge in [0.25, 0.3) is 0 Å². The third-order valence-corrected chi connectivity index (χ3v) is 10.4. The second-order valence-electron chi connectivity index (χ2n) is 16.6. The minimum absolute atomic E-state index is 0.623. The molecule has 0 saturated heterocycles. The summed E-state index contributed by atoms with van der Waals surface area (Å²) in [6, 6.07) is 13.7. The number of nitrogens with one attached hydrogen (secondary N) is 2. The van der Waals surface area contributed by atoms with Crippen LogP contribution in [0, 0.1) is 90.0 Å². The van der Waals surface area contributed by atoms with E-state index in [4.69, 9.17) is 0 Å². The van der Waals surface area contributed by atoms with Gasteiger partial charge in [0, 0.05) is 110 Å². The number of aromatic nitrogens is 21. The van der Waals surface area contributed by atoms with Crippen molar-refractivity contribution in [1.29, 1.82) is 0 Å². The van der Waals surface area contributed by atoms with Crippen LogP contribution in [0.2, 0.25) is 0 Å². The molecule has 105 heavy (non-hydrogen) atoms.